The Hall–Kier alpha value is -1.28. The summed E-state index contributed by atoms with van der Waals surface area (Å²) in [6.45, 7) is 0. The molecule has 1 nitrogen and oxygen atoms in total. The fourth-order valence-corrected chi connectivity index (χ4v) is 1.69. The van der Waals surface area contributed by atoms with Gasteiger partial charge in [0.15, 0.2) is 0 Å². The van der Waals surface area contributed by atoms with Crippen molar-refractivity contribution in [3.05, 3.63) is 48.3 Å². The van der Waals surface area contributed by atoms with E-state index in [2.05, 4.69) is 41.9 Å². The molecule has 0 N–H and O–H groups in total. The Balaban J connectivity index is 2.42. The van der Waals surface area contributed by atoms with Gasteiger partial charge in [0.1, 0.15) is 0 Å². The van der Waals surface area contributed by atoms with E-state index in [-0.39, 0.29) is 0 Å². The quantitative estimate of drug-likeness (QED) is 0.772. The fourth-order valence-electron chi connectivity index (χ4n) is 1.55. The van der Waals surface area contributed by atoms with Crippen LogP contribution in [0.5, 0.6) is 0 Å². The Kier molecular flexibility index (Phi) is 3.41. The van der Waals surface area contributed by atoms with Crippen LogP contribution in [-0.2, 0) is 0 Å². The van der Waals surface area contributed by atoms with E-state index in [4.69, 9.17) is 0 Å². The molecule has 0 aliphatic carbocycles. The van der Waals surface area contributed by atoms with Gasteiger partial charge in [0.05, 0.1) is 5.69 Å². The van der Waals surface area contributed by atoms with Crippen LogP contribution in [0.15, 0.2) is 42.6 Å². The van der Waals surface area contributed by atoms with Crippen LogP contribution in [0.4, 0.5) is 0 Å². The van der Waals surface area contributed by atoms with E-state index in [0.29, 0.717) is 0 Å². The first-order valence-electron chi connectivity index (χ1n) is 5.03. The van der Waals surface area contributed by atoms with E-state index in [9.17, 15) is 0 Å². The smallest absolute Gasteiger partial charge is 0.0704 e. The lowest BCUT2D eigenvalue weighted by atomic mass is 10.1. The van der Waals surface area contributed by atoms with Gasteiger partial charge in [-0.3, -0.25) is 4.98 Å². The van der Waals surface area contributed by atoms with Crippen molar-refractivity contribution in [1.29, 1.82) is 0 Å². The molecule has 0 saturated carbocycles. The Morgan fingerprint density at radius 3 is 2.93 bits per heavy atom. The molecule has 1 aromatic carbocycles. The highest BCUT2D eigenvalue weighted by Crippen LogP contribution is 2.17. The van der Waals surface area contributed by atoms with Crippen LogP contribution in [0.3, 0.4) is 0 Å². The average molecular weight is 215 g/mol. The van der Waals surface area contributed by atoms with Crippen LogP contribution in [0.2, 0.25) is 0 Å². The molecule has 76 valence electrons. The largest absolute Gasteiger partial charge is 0.256 e. The zero-order valence-corrected chi connectivity index (χ0v) is 9.32. The third kappa shape index (κ3) is 2.39. The van der Waals surface area contributed by atoms with E-state index in [1.54, 1.807) is 0 Å². The van der Waals surface area contributed by atoms with Crippen molar-refractivity contribution in [2.75, 3.05) is 5.75 Å². The molecule has 0 fully saturated rings. The summed E-state index contributed by atoms with van der Waals surface area (Å²) in [7, 11) is 0. The van der Waals surface area contributed by atoms with Crippen LogP contribution in [0, 0.1) is 0 Å². The molecule has 0 unspecified atom stereocenters. The molecule has 0 spiro atoms. The van der Waals surface area contributed by atoms with Gasteiger partial charge in [-0.25, -0.2) is 0 Å². The number of benzene rings is 1. The van der Waals surface area contributed by atoms with E-state index in [0.717, 1.165) is 17.9 Å². The maximum Gasteiger partial charge on any atom is 0.0704 e. The molecule has 2 heteroatoms. The molecule has 2 rings (SSSR count). The summed E-state index contributed by atoms with van der Waals surface area (Å²) >= 11 is 4.17. The Labute approximate surface area is 95.3 Å². The lowest BCUT2D eigenvalue weighted by Gasteiger charge is -2.00. The maximum absolute atomic E-state index is 4.37. The lowest BCUT2D eigenvalue weighted by Crippen LogP contribution is -1.82. The van der Waals surface area contributed by atoms with E-state index in [1.165, 1.54) is 10.8 Å². The van der Waals surface area contributed by atoms with Crippen molar-refractivity contribution in [3.8, 4) is 0 Å². The molecule has 0 atom stereocenters. The second-order valence-corrected chi connectivity index (χ2v) is 3.78. The third-order valence-corrected chi connectivity index (χ3v) is 2.53. The van der Waals surface area contributed by atoms with Crippen molar-refractivity contribution in [2.24, 2.45) is 0 Å². The van der Waals surface area contributed by atoms with Gasteiger partial charge in [0.25, 0.3) is 0 Å². The van der Waals surface area contributed by atoms with Gasteiger partial charge in [-0.1, -0.05) is 30.3 Å². The third-order valence-electron chi connectivity index (χ3n) is 2.28. The summed E-state index contributed by atoms with van der Waals surface area (Å²) in [4.78, 5) is 4.37. The highest BCUT2D eigenvalue weighted by Gasteiger charge is 1.96. The molecule has 0 saturated heterocycles. The molecule has 1 aromatic heterocycles. The summed E-state index contributed by atoms with van der Waals surface area (Å²) in [5, 5.41) is 2.44. The molecule has 0 aliphatic heterocycles. The van der Waals surface area contributed by atoms with Crippen LogP contribution in [0.1, 0.15) is 12.1 Å². The number of fused-ring (bicyclic) bond motifs is 1. The number of thiol groups is 1. The second kappa shape index (κ2) is 4.99. The number of nitrogens with zero attached hydrogens (tertiary/aromatic N) is 1. The molecular formula is C13H13NS. The molecule has 0 aliphatic rings. The Morgan fingerprint density at radius 1 is 1.20 bits per heavy atom. The molecular weight excluding hydrogens is 202 g/mol. The van der Waals surface area contributed by atoms with E-state index < -0.39 is 0 Å². The zero-order valence-electron chi connectivity index (χ0n) is 8.43. The first-order valence-corrected chi connectivity index (χ1v) is 5.66. The van der Waals surface area contributed by atoms with Crippen molar-refractivity contribution in [3.63, 3.8) is 0 Å². The standard InChI is InChI=1S/C13H13NS/c15-10-4-3-7-13-12-6-2-1-5-11(12)8-9-14-13/h1-3,5-9,15H,4,10H2. The summed E-state index contributed by atoms with van der Waals surface area (Å²) in [5.74, 6) is 0.876. The monoisotopic (exact) mass is 215 g/mol. The molecule has 0 bridgehead atoms. The van der Waals surface area contributed by atoms with Gasteiger partial charge in [0.2, 0.25) is 0 Å². The van der Waals surface area contributed by atoms with Crippen molar-refractivity contribution >= 4 is 29.5 Å². The summed E-state index contributed by atoms with van der Waals surface area (Å²) in [5.41, 5.74) is 1.04. The normalized spacial score (nSPS) is 11.3. The number of rotatable bonds is 3. The number of pyridine rings is 1. The Bertz CT molecular complexity index is 471. The van der Waals surface area contributed by atoms with Gasteiger partial charge in [0, 0.05) is 11.6 Å². The molecule has 1 heterocycles. The van der Waals surface area contributed by atoms with Crippen LogP contribution >= 0.6 is 12.6 Å². The highest BCUT2D eigenvalue weighted by atomic mass is 32.1. The Morgan fingerprint density at radius 2 is 2.07 bits per heavy atom. The average Bonchev–Trinajstić information content (AvgIpc) is 2.30. The molecule has 2 aromatic rings. The van der Waals surface area contributed by atoms with Crippen molar-refractivity contribution < 1.29 is 0 Å². The second-order valence-electron chi connectivity index (χ2n) is 3.33. The van der Waals surface area contributed by atoms with Crippen LogP contribution < -0.4 is 0 Å². The summed E-state index contributed by atoms with van der Waals surface area (Å²) < 4.78 is 0. The van der Waals surface area contributed by atoms with Gasteiger partial charge in [-0.15, -0.1) is 0 Å². The summed E-state index contributed by atoms with van der Waals surface area (Å²) in [6, 6.07) is 10.3. The van der Waals surface area contributed by atoms with Crippen LogP contribution in [0.25, 0.3) is 16.8 Å². The first kappa shape index (κ1) is 10.2. The van der Waals surface area contributed by atoms with Crippen LogP contribution in [-0.4, -0.2) is 10.7 Å². The minimum atomic E-state index is 0.876. The SMILES string of the molecule is SCCC=Cc1nccc2ccccc12. The maximum atomic E-state index is 4.37. The van der Waals surface area contributed by atoms with E-state index >= 15 is 0 Å². The molecule has 0 radical (unpaired) electrons. The predicted octanol–water partition coefficient (Wildman–Crippen LogP) is 3.57. The van der Waals surface area contributed by atoms with Gasteiger partial charge >= 0.3 is 0 Å². The zero-order chi connectivity index (χ0) is 10.5. The fraction of sp³-hybridized carbons (Fsp3) is 0.154. The number of aromatic nitrogens is 1. The predicted molar refractivity (Wildman–Crippen MR) is 69.2 cm³/mol. The number of hydrogen-bond acceptors (Lipinski definition) is 2. The minimum absolute atomic E-state index is 0.876. The molecule has 15 heavy (non-hydrogen) atoms. The van der Waals surface area contributed by atoms with Gasteiger partial charge in [-0.2, -0.15) is 12.6 Å². The highest BCUT2D eigenvalue weighted by molar-refractivity contribution is 7.80. The van der Waals surface area contributed by atoms with Crippen molar-refractivity contribution in [1.82, 2.24) is 4.98 Å². The topological polar surface area (TPSA) is 12.9 Å². The van der Waals surface area contributed by atoms with Gasteiger partial charge < -0.3 is 0 Å². The number of allylic oxidation sites excluding steroid dienone is 1. The number of hydrogen-bond donors (Lipinski definition) is 1. The summed E-state index contributed by atoms with van der Waals surface area (Å²) in [6.07, 6.45) is 7.01. The first-order chi connectivity index (χ1) is 7.42. The van der Waals surface area contributed by atoms with E-state index in [1.807, 2.05) is 24.4 Å². The minimum Gasteiger partial charge on any atom is -0.256 e. The lowest BCUT2D eigenvalue weighted by molar-refractivity contribution is 1.25. The molecule has 0 amide bonds. The van der Waals surface area contributed by atoms with Gasteiger partial charge in [-0.05, 0) is 29.7 Å². The van der Waals surface area contributed by atoms with Crippen molar-refractivity contribution in [2.45, 2.75) is 6.42 Å².